The van der Waals surface area contributed by atoms with E-state index >= 15 is 0 Å². The first-order chi connectivity index (χ1) is 28.9. The minimum atomic E-state index is -1.47. The Hall–Kier alpha value is -5.71. The van der Waals surface area contributed by atoms with Gasteiger partial charge in [0.05, 0.1) is 13.2 Å². The molecule has 3 rings (SSSR count). The van der Waals surface area contributed by atoms with Gasteiger partial charge < -0.3 is 51.5 Å². The number of unbranched alkanes of at least 4 members (excludes halogenated alkanes) is 7. The normalized spacial score (nSPS) is 17.5. The van der Waals surface area contributed by atoms with Gasteiger partial charge in [-0.2, -0.15) is 0 Å². The number of aliphatic hydroxyl groups is 1. The van der Waals surface area contributed by atoms with E-state index < -0.39 is 78.9 Å². The van der Waals surface area contributed by atoms with Gasteiger partial charge in [-0.05, 0) is 61.6 Å². The number of rotatable bonds is 20. The number of carboxylic acids is 1. The van der Waals surface area contributed by atoms with Crippen molar-refractivity contribution < 1.29 is 54.0 Å². The number of phenols is 2. The van der Waals surface area contributed by atoms with Gasteiger partial charge in [0, 0.05) is 38.1 Å². The summed E-state index contributed by atoms with van der Waals surface area (Å²) >= 11 is 0. The molecule has 0 saturated carbocycles. The molecule has 0 aromatic heterocycles. The number of amides is 6. The number of hydrogen-bond donors (Lipinski definition) is 8. The van der Waals surface area contributed by atoms with Crippen molar-refractivity contribution in [3.8, 4) is 22.6 Å². The molecule has 0 radical (unpaired) electrons. The molecular weight excluding hydrogens is 789 g/mol. The number of aliphatic carboxylic acids is 1. The Morgan fingerprint density at radius 2 is 1.38 bits per heavy atom. The maximum Gasteiger partial charge on any atom is 0.326 e. The number of likely N-dealkylation sites (N-methyl/N-ethyl adjacent to an activating group) is 2. The SMILES string of the molecule is CC(C)CCCCCCCCCCC(=O)N(C)[C@H](CO)C(=O)N[C@H](C)C(=O)NCC(=O)N(C)[C@@H]1C(=O)N[C@@H](C)C(=O)N[C@H](C(=O)O)Cc2ccc(O)c(c2)-c2cc1ccc2O. The fourth-order valence-electron chi connectivity index (χ4n) is 7.09. The summed E-state index contributed by atoms with van der Waals surface area (Å²) in [6, 6.07) is 1.62. The Bertz CT molecular complexity index is 1870. The highest BCUT2D eigenvalue weighted by molar-refractivity contribution is 5.96. The predicted molar refractivity (Wildman–Crippen MR) is 227 cm³/mol. The largest absolute Gasteiger partial charge is 0.507 e. The number of hydrogen-bond acceptors (Lipinski definition) is 10. The fourth-order valence-corrected chi connectivity index (χ4v) is 7.09. The van der Waals surface area contributed by atoms with Gasteiger partial charge in [0.2, 0.25) is 35.4 Å². The molecule has 17 heteroatoms. The number of carbonyl (C=O) groups excluding carboxylic acids is 6. The van der Waals surface area contributed by atoms with E-state index in [0.717, 1.165) is 41.4 Å². The molecule has 0 saturated heterocycles. The van der Waals surface area contributed by atoms with E-state index in [1.165, 1.54) is 90.0 Å². The Kier molecular flexibility index (Phi) is 19.5. The molecule has 2 aromatic rings. The van der Waals surface area contributed by atoms with Crippen molar-refractivity contribution in [1.82, 2.24) is 31.1 Å². The summed E-state index contributed by atoms with van der Waals surface area (Å²) < 4.78 is 0. The van der Waals surface area contributed by atoms with Crippen LogP contribution in [0.15, 0.2) is 36.4 Å². The fraction of sp³-hybridized carbons (Fsp3) is 0.568. The lowest BCUT2D eigenvalue weighted by molar-refractivity contribution is -0.143. The third kappa shape index (κ3) is 14.8. The van der Waals surface area contributed by atoms with Crippen LogP contribution < -0.4 is 21.3 Å². The molecule has 5 atom stereocenters. The lowest BCUT2D eigenvalue weighted by atomic mass is 9.94. The first-order valence-corrected chi connectivity index (χ1v) is 21.0. The first kappa shape index (κ1) is 49.7. The second-order valence-electron chi connectivity index (χ2n) is 16.3. The van der Waals surface area contributed by atoms with Crippen molar-refractivity contribution in [1.29, 1.82) is 0 Å². The van der Waals surface area contributed by atoms with Gasteiger partial charge in [-0.3, -0.25) is 28.8 Å². The molecule has 61 heavy (non-hydrogen) atoms. The molecule has 4 bridgehead atoms. The zero-order valence-corrected chi connectivity index (χ0v) is 36.2. The van der Waals surface area contributed by atoms with Crippen LogP contribution in [-0.2, 0) is 40.0 Å². The number of aromatic hydroxyl groups is 2. The molecule has 1 heterocycles. The van der Waals surface area contributed by atoms with E-state index in [2.05, 4.69) is 35.1 Å². The van der Waals surface area contributed by atoms with Crippen LogP contribution in [0.1, 0.15) is 109 Å². The van der Waals surface area contributed by atoms with Crippen LogP contribution in [0.3, 0.4) is 0 Å². The number of benzene rings is 2. The Morgan fingerprint density at radius 1 is 0.787 bits per heavy atom. The third-order valence-corrected chi connectivity index (χ3v) is 10.9. The first-order valence-electron chi connectivity index (χ1n) is 21.0. The average molecular weight is 853 g/mol. The Balaban J connectivity index is 1.65. The van der Waals surface area contributed by atoms with Crippen molar-refractivity contribution in [3.05, 3.63) is 47.5 Å². The van der Waals surface area contributed by atoms with Crippen LogP contribution in [-0.4, -0.2) is 123 Å². The zero-order chi connectivity index (χ0) is 45.4. The van der Waals surface area contributed by atoms with E-state index in [9.17, 15) is 54.0 Å². The van der Waals surface area contributed by atoms with E-state index in [4.69, 9.17) is 0 Å². The van der Waals surface area contributed by atoms with Crippen LogP contribution >= 0.6 is 0 Å². The Labute approximate surface area is 357 Å². The minimum absolute atomic E-state index is 0.0662. The molecule has 8 N–H and O–H groups in total. The lowest BCUT2D eigenvalue weighted by Crippen LogP contribution is -2.55. The zero-order valence-electron chi connectivity index (χ0n) is 36.2. The standard InChI is InChI=1S/C44H64N6O11/c1-26(2)15-13-11-9-7-8-10-12-14-16-37(54)49(5)34(25-51)42(58)46-27(3)40(56)45-24-38(55)50(6)39-30-18-20-36(53)32(23-30)31-21-29(17-19-35(31)52)22-33(44(60)61)48-41(57)28(4)47-43(39)59/h17-21,23,26-28,33-34,39,51-53H,7-16,22,24-25H2,1-6H3,(H,45,56)(H,46,58)(H,47,59)(H,48,57)(H,60,61)/t27-,28+,33+,34-,39+/m1/s1. The summed E-state index contributed by atoms with van der Waals surface area (Å²) in [6.45, 7) is 5.82. The lowest BCUT2D eigenvalue weighted by Gasteiger charge is -2.30. The predicted octanol–water partition coefficient (Wildman–Crippen LogP) is 2.89. The van der Waals surface area contributed by atoms with Crippen molar-refractivity contribution in [2.24, 2.45) is 5.92 Å². The van der Waals surface area contributed by atoms with Crippen LogP contribution in [0, 0.1) is 5.92 Å². The number of fused-ring (bicyclic) bond motifs is 5. The van der Waals surface area contributed by atoms with Gasteiger partial charge in [-0.25, -0.2) is 4.79 Å². The molecule has 0 spiro atoms. The van der Waals surface area contributed by atoms with Crippen molar-refractivity contribution >= 4 is 41.4 Å². The summed E-state index contributed by atoms with van der Waals surface area (Å²) in [7, 11) is 2.69. The second-order valence-corrected chi connectivity index (χ2v) is 16.3. The number of carbonyl (C=O) groups is 7. The summed E-state index contributed by atoms with van der Waals surface area (Å²) in [6.07, 6.45) is 9.76. The number of nitrogens with zero attached hydrogens (tertiary/aromatic N) is 2. The molecule has 0 unspecified atom stereocenters. The molecule has 1 aliphatic heterocycles. The highest BCUT2D eigenvalue weighted by Gasteiger charge is 2.34. The number of phenolic OH excluding ortho intramolecular Hbond substituents is 2. The highest BCUT2D eigenvalue weighted by atomic mass is 16.4. The maximum atomic E-state index is 13.9. The van der Waals surface area contributed by atoms with E-state index in [-0.39, 0.29) is 46.9 Å². The van der Waals surface area contributed by atoms with Gasteiger partial charge in [0.15, 0.2) is 0 Å². The topological polar surface area (TPSA) is 255 Å². The summed E-state index contributed by atoms with van der Waals surface area (Å²) in [5.74, 6) is -5.52. The van der Waals surface area contributed by atoms with Gasteiger partial charge in [-0.1, -0.05) is 77.3 Å². The molecule has 0 fully saturated rings. The molecule has 336 valence electrons. The average Bonchev–Trinajstić information content (AvgIpc) is 3.20. The number of nitrogens with one attached hydrogen (secondary N) is 4. The minimum Gasteiger partial charge on any atom is -0.507 e. The van der Waals surface area contributed by atoms with Crippen molar-refractivity contribution in [3.63, 3.8) is 0 Å². The molecule has 1 aliphatic rings. The van der Waals surface area contributed by atoms with Gasteiger partial charge in [-0.15, -0.1) is 0 Å². The molecule has 0 aliphatic carbocycles. The van der Waals surface area contributed by atoms with Gasteiger partial charge in [0.25, 0.3) is 0 Å². The Morgan fingerprint density at radius 3 is 1.98 bits per heavy atom. The monoisotopic (exact) mass is 852 g/mol. The van der Waals surface area contributed by atoms with E-state index in [1.54, 1.807) is 0 Å². The van der Waals surface area contributed by atoms with Gasteiger partial charge >= 0.3 is 5.97 Å². The molecule has 17 nitrogen and oxygen atoms in total. The summed E-state index contributed by atoms with van der Waals surface area (Å²) in [5.41, 5.74) is 0.724. The molecule has 2 aromatic carbocycles. The second kappa shape index (κ2) is 23.9. The third-order valence-electron chi connectivity index (χ3n) is 10.9. The summed E-state index contributed by atoms with van der Waals surface area (Å²) in [5, 5.41) is 51.2. The van der Waals surface area contributed by atoms with Crippen LogP contribution in [0.4, 0.5) is 0 Å². The molecular formula is C44H64N6O11. The summed E-state index contributed by atoms with van der Waals surface area (Å²) in [4.78, 5) is 93.8. The number of aliphatic hydroxyl groups excluding tert-OH is 1. The molecule has 6 amide bonds. The van der Waals surface area contributed by atoms with Crippen molar-refractivity contribution in [2.75, 3.05) is 27.2 Å². The smallest absolute Gasteiger partial charge is 0.326 e. The number of carboxylic acid groups (broad SMARTS) is 1. The van der Waals surface area contributed by atoms with Crippen LogP contribution in [0.5, 0.6) is 11.5 Å². The quantitative estimate of drug-likeness (QED) is 0.0899. The highest BCUT2D eigenvalue weighted by Crippen LogP contribution is 2.38. The maximum absolute atomic E-state index is 13.9. The van der Waals surface area contributed by atoms with Crippen molar-refractivity contribution in [2.45, 2.75) is 129 Å². The van der Waals surface area contributed by atoms with Gasteiger partial charge in [0.1, 0.15) is 41.7 Å². The van der Waals surface area contributed by atoms with E-state index in [0.29, 0.717) is 12.0 Å². The van der Waals surface area contributed by atoms with Crippen LogP contribution in [0.25, 0.3) is 11.1 Å². The van der Waals surface area contributed by atoms with Crippen LogP contribution in [0.2, 0.25) is 0 Å². The van der Waals surface area contributed by atoms with E-state index in [1.807, 2.05) is 0 Å².